The fraction of sp³-hybridized carbons (Fsp3) is 0.0943. The third-order valence-electron chi connectivity index (χ3n) is 12.2. The average Bonchev–Trinajstić information content (AvgIpc) is 3.83. The van der Waals surface area contributed by atoms with E-state index >= 15 is 0 Å². The summed E-state index contributed by atoms with van der Waals surface area (Å²) in [5.74, 6) is 0. The minimum absolute atomic E-state index is 0.0431. The molecule has 0 fully saturated rings. The molecule has 262 valence electrons. The fourth-order valence-corrected chi connectivity index (χ4v) is 9.80. The first-order valence-corrected chi connectivity index (χ1v) is 19.4. The minimum atomic E-state index is -0.416. The van der Waals surface area contributed by atoms with E-state index in [1.54, 1.807) is 0 Å². The normalized spacial score (nSPS) is 13.5. The summed E-state index contributed by atoms with van der Waals surface area (Å²) in [6.45, 7) is 6.86. The van der Waals surface area contributed by atoms with Crippen LogP contribution in [0.15, 0.2) is 188 Å². The van der Waals surface area contributed by atoms with Gasteiger partial charge in [-0.3, -0.25) is 0 Å². The summed E-state index contributed by atoms with van der Waals surface area (Å²) in [4.78, 5) is 2.50. The van der Waals surface area contributed by atoms with Crippen LogP contribution in [0, 0.1) is 0 Å². The Kier molecular flexibility index (Phi) is 6.76. The standard InChI is InChI=1S/C53H40N2/c1-52(2,3)35-28-30-37(31-29-35)54(38-32-33-42-41-20-10-14-26-48(41)55(50(42)34-38)36-16-5-4-6-17-36)49-27-15-25-47-51(49)43-21-9-13-24-46(43)53(47)44-22-11-7-18-39(44)40-19-8-12-23-45(40)53/h4-34H,1-3H3. The maximum Gasteiger partial charge on any atom is 0.0726 e. The lowest BCUT2D eigenvalue weighted by molar-refractivity contribution is 0.590. The number of aromatic nitrogens is 1. The summed E-state index contributed by atoms with van der Waals surface area (Å²) in [6.07, 6.45) is 0. The van der Waals surface area contributed by atoms with E-state index in [-0.39, 0.29) is 5.41 Å². The molecule has 0 atom stereocenters. The summed E-state index contributed by atoms with van der Waals surface area (Å²) in [6, 6.07) is 70.0. The molecule has 0 amide bonds. The predicted octanol–water partition coefficient (Wildman–Crippen LogP) is 13.9. The lowest BCUT2D eigenvalue weighted by Gasteiger charge is -2.32. The molecule has 11 rings (SSSR count). The van der Waals surface area contributed by atoms with Gasteiger partial charge in [0.2, 0.25) is 0 Å². The van der Waals surface area contributed by atoms with Gasteiger partial charge >= 0.3 is 0 Å². The molecule has 55 heavy (non-hydrogen) atoms. The van der Waals surface area contributed by atoms with E-state index in [4.69, 9.17) is 0 Å². The molecule has 0 bridgehead atoms. The first-order chi connectivity index (χ1) is 26.9. The van der Waals surface area contributed by atoms with E-state index in [9.17, 15) is 0 Å². The Morgan fingerprint density at radius 2 is 0.982 bits per heavy atom. The number of para-hydroxylation sites is 2. The van der Waals surface area contributed by atoms with E-state index < -0.39 is 5.41 Å². The molecular weight excluding hydrogens is 665 g/mol. The Labute approximate surface area is 322 Å². The number of hydrogen-bond donors (Lipinski definition) is 0. The number of rotatable bonds is 4. The molecule has 0 saturated heterocycles. The summed E-state index contributed by atoms with van der Waals surface area (Å²) < 4.78 is 2.42. The zero-order valence-corrected chi connectivity index (χ0v) is 31.3. The van der Waals surface area contributed by atoms with Crippen molar-refractivity contribution in [2.75, 3.05) is 4.90 Å². The van der Waals surface area contributed by atoms with E-state index in [2.05, 4.69) is 218 Å². The van der Waals surface area contributed by atoms with Gasteiger partial charge in [-0.2, -0.15) is 0 Å². The van der Waals surface area contributed by atoms with Crippen LogP contribution in [0.25, 0.3) is 49.7 Å². The van der Waals surface area contributed by atoms with Crippen LogP contribution in [0.1, 0.15) is 48.6 Å². The number of fused-ring (bicyclic) bond motifs is 13. The van der Waals surface area contributed by atoms with Gasteiger partial charge in [0, 0.05) is 33.4 Å². The first-order valence-electron chi connectivity index (χ1n) is 19.4. The van der Waals surface area contributed by atoms with Crippen LogP contribution in [0.5, 0.6) is 0 Å². The lowest BCUT2D eigenvalue weighted by atomic mass is 9.70. The molecule has 0 aliphatic heterocycles. The molecule has 0 radical (unpaired) electrons. The van der Waals surface area contributed by atoms with E-state index in [0.717, 1.165) is 17.1 Å². The van der Waals surface area contributed by atoms with Gasteiger partial charge in [-0.25, -0.2) is 0 Å². The Morgan fingerprint density at radius 3 is 1.67 bits per heavy atom. The SMILES string of the molecule is CC(C)(C)c1ccc(N(c2ccc3c4ccccc4n(-c4ccccc4)c3c2)c2cccc3c2-c2ccccc2C32c3ccccc3-c3ccccc32)cc1. The topological polar surface area (TPSA) is 8.17 Å². The zero-order chi connectivity index (χ0) is 36.9. The van der Waals surface area contributed by atoms with E-state index in [1.165, 1.54) is 77.6 Å². The molecule has 0 N–H and O–H groups in total. The summed E-state index contributed by atoms with van der Waals surface area (Å²) in [7, 11) is 0. The van der Waals surface area contributed by atoms with Crippen molar-refractivity contribution in [3.05, 3.63) is 216 Å². The van der Waals surface area contributed by atoms with Crippen LogP contribution in [-0.4, -0.2) is 4.57 Å². The van der Waals surface area contributed by atoms with Crippen LogP contribution in [-0.2, 0) is 10.8 Å². The van der Waals surface area contributed by atoms with Crippen molar-refractivity contribution >= 4 is 38.9 Å². The summed E-state index contributed by atoms with van der Waals surface area (Å²) in [5.41, 5.74) is 18.5. The van der Waals surface area contributed by atoms with Crippen molar-refractivity contribution in [3.8, 4) is 27.9 Å². The maximum absolute atomic E-state index is 2.50. The molecule has 9 aromatic rings. The second-order valence-electron chi connectivity index (χ2n) is 16.1. The molecule has 1 aromatic heterocycles. The van der Waals surface area contributed by atoms with Crippen LogP contribution >= 0.6 is 0 Å². The fourth-order valence-electron chi connectivity index (χ4n) is 9.80. The van der Waals surface area contributed by atoms with Gasteiger partial charge in [-0.1, -0.05) is 160 Å². The predicted molar refractivity (Wildman–Crippen MR) is 230 cm³/mol. The number of anilines is 3. The second kappa shape index (κ2) is 11.7. The molecular formula is C53H40N2. The lowest BCUT2D eigenvalue weighted by Crippen LogP contribution is -2.26. The maximum atomic E-state index is 2.50. The van der Waals surface area contributed by atoms with Crippen LogP contribution in [0.4, 0.5) is 17.1 Å². The summed E-state index contributed by atoms with van der Waals surface area (Å²) >= 11 is 0. The van der Waals surface area contributed by atoms with Crippen LogP contribution in [0.2, 0.25) is 0 Å². The molecule has 2 aliphatic carbocycles. The highest BCUT2D eigenvalue weighted by Crippen LogP contribution is 2.64. The molecule has 0 saturated carbocycles. The smallest absolute Gasteiger partial charge is 0.0726 e. The van der Waals surface area contributed by atoms with Gasteiger partial charge in [0.15, 0.2) is 0 Å². The minimum Gasteiger partial charge on any atom is -0.310 e. The molecule has 1 spiro atoms. The van der Waals surface area contributed by atoms with Crippen molar-refractivity contribution in [3.63, 3.8) is 0 Å². The Hall–Kier alpha value is -6.64. The molecule has 0 unspecified atom stereocenters. The summed E-state index contributed by atoms with van der Waals surface area (Å²) in [5, 5.41) is 2.50. The van der Waals surface area contributed by atoms with Gasteiger partial charge in [0.1, 0.15) is 0 Å². The highest BCUT2D eigenvalue weighted by molar-refractivity contribution is 6.11. The molecule has 2 nitrogen and oxygen atoms in total. The monoisotopic (exact) mass is 704 g/mol. The first kappa shape index (κ1) is 31.8. The highest BCUT2D eigenvalue weighted by atomic mass is 15.1. The molecule has 2 heteroatoms. The number of benzene rings is 8. The van der Waals surface area contributed by atoms with Crippen molar-refractivity contribution in [2.45, 2.75) is 31.6 Å². The third kappa shape index (κ3) is 4.43. The van der Waals surface area contributed by atoms with Crippen molar-refractivity contribution in [1.82, 2.24) is 4.57 Å². The van der Waals surface area contributed by atoms with Gasteiger partial charge in [-0.15, -0.1) is 0 Å². The van der Waals surface area contributed by atoms with E-state index in [0.29, 0.717) is 0 Å². The quantitative estimate of drug-likeness (QED) is 0.177. The van der Waals surface area contributed by atoms with Crippen molar-refractivity contribution in [1.29, 1.82) is 0 Å². The molecule has 8 aromatic carbocycles. The molecule has 1 heterocycles. The average molecular weight is 705 g/mol. The van der Waals surface area contributed by atoms with Gasteiger partial charge in [0.05, 0.1) is 22.1 Å². The van der Waals surface area contributed by atoms with Gasteiger partial charge in [-0.05, 0) is 98.5 Å². The number of nitrogens with zero attached hydrogens (tertiary/aromatic N) is 2. The zero-order valence-electron chi connectivity index (χ0n) is 31.3. The van der Waals surface area contributed by atoms with Gasteiger partial charge < -0.3 is 9.47 Å². The Balaban J connectivity index is 1.22. The van der Waals surface area contributed by atoms with Crippen LogP contribution < -0.4 is 4.90 Å². The highest BCUT2D eigenvalue weighted by Gasteiger charge is 2.52. The largest absolute Gasteiger partial charge is 0.310 e. The molecule has 2 aliphatic rings. The third-order valence-corrected chi connectivity index (χ3v) is 12.2. The Morgan fingerprint density at radius 1 is 0.436 bits per heavy atom. The van der Waals surface area contributed by atoms with Crippen molar-refractivity contribution < 1.29 is 0 Å². The van der Waals surface area contributed by atoms with E-state index in [1.807, 2.05) is 0 Å². The van der Waals surface area contributed by atoms with Crippen LogP contribution in [0.3, 0.4) is 0 Å². The van der Waals surface area contributed by atoms with Gasteiger partial charge in [0.25, 0.3) is 0 Å². The number of hydrogen-bond acceptors (Lipinski definition) is 1. The Bertz CT molecular complexity index is 2910. The second-order valence-corrected chi connectivity index (χ2v) is 16.1. The van der Waals surface area contributed by atoms with Crippen molar-refractivity contribution in [2.24, 2.45) is 0 Å².